The number of sulfonamides is 1. The largest absolute Gasteiger partial charge is 0.493 e. The molecule has 0 aliphatic carbocycles. The Balaban J connectivity index is 0.00000307. The van der Waals surface area contributed by atoms with Crippen molar-refractivity contribution in [1.29, 1.82) is 0 Å². The Morgan fingerprint density at radius 2 is 1.60 bits per heavy atom. The molecule has 48 heavy (non-hydrogen) atoms. The maximum Gasteiger partial charge on any atom is 0.335 e. The fourth-order valence-electron chi connectivity index (χ4n) is 4.61. The first-order valence-corrected chi connectivity index (χ1v) is 17.3. The normalized spacial score (nSPS) is 11.7. The maximum absolute atomic E-state index is 13.1. The molecule has 0 amide bonds. The third-order valence-electron chi connectivity index (χ3n) is 7.13. The standard InChI is InChI=1S/C34H33Cl2N3O6S.C2H6/c1-5-6-31(44-3)32(45-4)17-18-46(42,43)38(2)27-14-9-23(10-15-27)19-33-37-30(28-16-13-26(35)20-29(28)36)22-39(33)21-24-7-11-25(12-8-24)34(40)41;1-2/h5-17,20,22H,1,18-19,21H2,2-4H3,(H,40,41);1-2H3/b31-6+,32-17+;. The summed E-state index contributed by atoms with van der Waals surface area (Å²) in [4.78, 5) is 16.2. The van der Waals surface area contributed by atoms with E-state index in [9.17, 15) is 18.3 Å². The Bertz CT molecular complexity index is 1880. The van der Waals surface area contributed by atoms with Gasteiger partial charge in [0.2, 0.25) is 10.0 Å². The second-order valence-electron chi connectivity index (χ2n) is 10.1. The predicted molar refractivity (Wildman–Crippen MR) is 193 cm³/mol. The molecule has 1 aromatic heterocycles. The number of methoxy groups -OCH3 is 2. The van der Waals surface area contributed by atoms with E-state index in [1.807, 2.05) is 42.8 Å². The van der Waals surface area contributed by atoms with Crippen LogP contribution in [0.2, 0.25) is 10.0 Å². The van der Waals surface area contributed by atoms with Crippen molar-refractivity contribution in [3.8, 4) is 11.3 Å². The number of aromatic carboxylic acids is 1. The van der Waals surface area contributed by atoms with E-state index >= 15 is 0 Å². The zero-order valence-electron chi connectivity index (χ0n) is 27.5. The van der Waals surface area contributed by atoms with Crippen LogP contribution in [0.4, 0.5) is 5.69 Å². The van der Waals surface area contributed by atoms with Crippen LogP contribution >= 0.6 is 23.2 Å². The van der Waals surface area contributed by atoms with Crippen LogP contribution in [0.25, 0.3) is 11.3 Å². The van der Waals surface area contributed by atoms with Gasteiger partial charge in [-0.3, -0.25) is 4.31 Å². The summed E-state index contributed by atoms with van der Waals surface area (Å²) in [6.45, 7) is 8.07. The van der Waals surface area contributed by atoms with Gasteiger partial charge in [-0.05, 0) is 65.7 Å². The molecule has 0 unspecified atom stereocenters. The zero-order valence-corrected chi connectivity index (χ0v) is 29.8. The summed E-state index contributed by atoms with van der Waals surface area (Å²) in [6, 6.07) is 19.1. The number of ether oxygens (including phenoxy) is 2. The third-order valence-corrected chi connectivity index (χ3v) is 9.31. The molecule has 0 aliphatic heterocycles. The number of rotatable bonds is 14. The van der Waals surface area contributed by atoms with Gasteiger partial charge in [0.25, 0.3) is 0 Å². The monoisotopic (exact) mass is 711 g/mol. The Morgan fingerprint density at radius 1 is 0.979 bits per heavy atom. The molecule has 0 fully saturated rings. The van der Waals surface area contributed by atoms with E-state index in [1.54, 1.807) is 54.6 Å². The van der Waals surface area contributed by atoms with Crippen molar-refractivity contribution in [2.45, 2.75) is 26.8 Å². The number of allylic oxidation sites excluding steroid dienone is 2. The highest BCUT2D eigenvalue weighted by atomic mass is 35.5. The highest BCUT2D eigenvalue weighted by molar-refractivity contribution is 7.92. The van der Waals surface area contributed by atoms with Crippen molar-refractivity contribution in [2.24, 2.45) is 0 Å². The van der Waals surface area contributed by atoms with Gasteiger partial charge in [0, 0.05) is 36.8 Å². The fourth-order valence-corrected chi connectivity index (χ4v) is 6.14. The number of carboxylic acids is 1. The Kier molecular flexibility index (Phi) is 13.9. The number of aromatic nitrogens is 2. The van der Waals surface area contributed by atoms with Crippen molar-refractivity contribution in [3.63, 3.8) is 0 Å². The van der Waals surface area contributed by atoms with Gasteiger partial charge in [0.1, 0.15) is 5.82 Å². The van der Waals surface area contributed by atoms with E-state index in [2.05, 4.69) is 6.58 Å². The van der Waals surface area contributed by atoms with Crippen LogP contribution in [-0.2, 0) is 32.5 Å². The van der Waals surface area contributed by atoms with E-state index < -0.39 is 16.0 Å². The van der Waals surface area contributed by atoms with Crippen LogP contribution in [0.5, 0.6) is 0 Å². The van der Waals surface area contributed by atoms with E-state index in [1.165, 1.54) is 37.7 Å². The number of nitrogens with zero attached hydrogens (tertiary/aromatic N) is 3. The lowest BCUT2D eigenvalue weighted by molar-refractivity contribution is 0.0697. The van der Waals surface area contributed by atoms with E-state index in [-0.39, 0.29) is 17.1 Å². The zero-order chi connectivity index (χ0) is 35.4. The van der Waals surface area contributed by atoms with Crippen LogP contribution in [0, 0.1) is 0 Å². The first-order valence-electron chi connectivity index (χ1n) is 15.0. The molecule has 0 saturated heterocycles. The van der Waals surface area contributed by atoms with Crippen molar-refractivity contribution in [2.75, 3.05) is 31.3 Å². The lowest BCUT2D eigenvalue weighted by Gasteiger charge is -2.19. The molecule has 0 spiro atoms. The molecule has 3 aromatic carbocycles. The van der Waals surface area contributed by atoms with Gasteiger partial charge in [0.15, 0.2) is 11.5 Å². The van der Waals surface area contributed by atoms with Gasteiger partial charge >= 0.3 is 5.97 Å². The van der Waals surface area contributed by atoms with Crippen molar-refractivity contribution in [1.82, 2.24) is 9.55 Å². The highest BCUT2D eigenvalue weighted by Crippen LogP contribution is 2.31. The average Bonchev–Trinajstić information content (AvgIpc) is 3.46. The average molecular weight is 713 g/mol. The molecule has 9 nitrogen and oxygen atoms in total. The Hall–Kier alpha value is -4.51. The molecule has 1 N–H and O–H groups in total. The molecule has 0 bridgehead atoms. The summed E-state index contributed by atoms with van der Waals surface area (Å²) < 4.78 is 40.0. The number of anilines is 1. The number of benzene rings is 3. The van der Waals surface area contributed by atoms with Crippen LogP contribution in [0.3, 0.4) is 0 Å². The minimum absolute atomic E-state index is 0.203. The van der Waals surface area contributed by atoms with Gasteiger partial charge < -0.3 is 19.1 Å². The first kappa shape index (κ1) is 37.9. The molecule has 0 atom stereocenters. The number of hydrogen-bond acceptors (Lipinski definition) is 6. The summed E-state index contributed by atoms with van der Waals surface area (Å²) in [6.07, 6.45) is 6.87. The van der Waals surface area contributed by atoms with Gasteiger partial charge in [-0.25, -0.2) is 18.2 Å². The number of hydrogen-bond donors (Lipinski definition) is 1. The molecular weight excluding hydrogens is 673 g/mol. The summed E-state index contributed by atoms with van der Waals surface area (Å²) in [7, 11) is 0.650. The van der Waals surface area contributed by atoms with Crippen molar-refractivity contribution in [3.05, 3.63) is 142 Å². The Morgan fingerprint density at radius 3 is 2.17 bits per heavy atom. The van der Waals surface area contributed by atoms with Gasteiger partial charge in [-0.15, -0.1) is 0 Å². The molecule has 1 heterocycles. The predicted octanol–water partition coefficient (Wildman–Crippen LogP) is 8.23. The quantitative estimate of drug-likeness (QED) is 0.104. The molecule has 4 aromatic rings. The van der Waals surface area contributed by atoms with Crippen molar-refractivity contribution < 1.29 is 27.8 Å². The van der Waals surface area contributed by atoms with Crippen molar-refractivity contribution >= 4 is 44.9 Å². The van der Waals surface area contributed by atoms with Crippen LogP contribution in [0.1, 0.15) is 41.2 Å². The third kappa shape index (κ3) is 9.76. The molecular formula is C36H39Cl2N3O6S. The Labute approximate surface area is 292 Å². The summed E-state index contributed by atoms with van der Waals surface area (Å²) >= 11 is 12.6. The van der Waals surface area contributed by atoms with E-state index in [0.29, 0.717) is 40.2 Å². The van der Waals surface area contributed by atoms with Crippen LogP contribution in [-0.4, -0.2) is 56.1 Å². The fraction of sp³-hybridized carbons (Fsp3) is 0.222. The molecule has 4 rings (SSSR count). The lowest BCUT2D eigenvalue weighted by atomic mass is 10.1. The summed E-state index contributed by atoms with van der Waals surface area (Å²) in [5.41, 5.74) is 3.86. The summed E-state index contributed by atoms with van der Waals surface area (Å²) in [5, 5.41) is 10.2. The number of halogens is 2. The first-order chi connectivity index (χ1) is 22.9. The molecule has 0 saturated carbocycles. The van der Waals surface area contributed by atoms with Gasteiger partial charge in [0.05, 0.1) is 41.9 Å². The topological polar surface area (TPSA) is 111 Å². The number of imidazole rings is 1. The molecule has 254 valence electrons. The maximum atomic E-state index is 13.1. The minimum atomic E-state index is -3.74. The highest BCUT2D eigenvalue weighted by Gasteiger charge is 2.19. The lowest BCUT2D eigenvalue weighted by Crippen LogP contribution is -2.28. The second kappa shape index (κ2) is 17.6. The SMILES string of the molecule is C=C/C=C(OC)\C(=C/CS(=O)(=O)N(C)c1ccc(Cc2nc(-c3ccc(Cl)cc3Cl)cn2Cc2ccc(C(=O)O)cc2)cc1)OC.CC. The summed E-state index contributed by atoms with van der Waals surface area (Å²) in [5.74, 6) is 0.0659. The van der Waals surface area contributed by atoms with E-state index in [4.69, 9.17) is 37.7 Å². The molecule has 12 heteroatoms. The van der Waals surface area contributed by atoms with Crippen LogP contribution < -0.4 is 4.31 Å². The van der Waals surface area contributed by atoms with E-state index in [0.717, 1.165) is 22.5 Å². The molecule has 0 aliphatic rings. The van der Waals surface area contributed by atoms with Gasteiger partial charge in [-0.1, -0.05) is 74.0 Å². The molecule has 0 radical (unpaired) electrons. The minimum Gasteiger partial charge on any atom is -0.493 e. The number of carbonyl (C=O) groups is 1. The van der Waals surface area contributed by atoms with Crippen LogP contribution in [0.15, 0.2) is 109 Å². The second-order valence-corrected chi connectivity index (χ2v) is 13.0. The smallest absolute Gasteiger partial charge is 0.335 e. The van der Waals surface area contributed by atoms with Gasteiger partial charge in [-0.2, -0.15) is 0 Å². The number of carboxylic acid groups (broad SMARTS) is 1.